The molecule has 16 heavy (non-hydrogen) atoms. The highest BCUT2D eigenvalue weighted by Crippen LogP contribution is 2.10. The highest BCUT2D eigenvalue weighted by Gasteiger charge is 1.93. The maximum atomic E-state index is 8.52. The van der Waals surface area contributed by atoms with Crippen LogP contribution < -0.4 is 4.90 Å². The van der Waals surface area contributed by atoms with Crippen molar-refractivity contribution in [3.63, 3.8) is 0 Å². The average Bonchev–Trinajstić information content (AvgIpc) is 2.35. The third kappa shape index (κ3) is 3.32. The van der Waals surface area contributed by atoms with Crippen LogP contribution in [0.15, 0.2) is 54.3 Å². The second-order valence-electron chi connectivity index (χ2n) is 3.09. The highest BCUT2D eigenvalue weighted by molar-refractivity contribution is 5.48. The van der Waals surface area contributed by atoms with Crippen molar-refractivity contribution < 1.29 is 0 Å². The predicted octanol–water partition coefficient (Wildman–Crippen LogP) is 2.61. The van der Waals surface area contributed by atoms with Crippen LogP contribution in [0.4, 0.5) is 5.69 Å². The van der Waals surface area contributed by atoms with Crippen molar-refractivity contribution in [1.82, 2.24) is 0 Å². The maximum Gasteiger partial charge on any atom is 0.129 e. The second kappa shape index (κ2) is 6.06. The fraction of sp³-hybridized carbons (Fsp3) is 0.0769. The normalized spacial score (nSPS) is 9.19. The Bertz CT molecular complexity index is 456. The Morgan fingerprint density at radius 1 is 1.19 bits per heavy atom. The van der Waals surface area contributed by atoms with Gasteiger partial charge in [0.1, 0.15) is 17.7 Å². The van der Waals surface area contributed by atoms with Crippen LogP contribution in [0, 0.1) is 22.7 Å². The Morgan fingerprint density at radius 3 is 2.38 bits per heavy atom. The van der Waals surface area contributed by atoms with E-state index in [0.29, 0.717) is 0 Å². The molecule has 0 saturated carbocycles. The summed E-state index contributed by atoms with van der Waals surface area (Å²) >= 11 is 0. The largest absolute Gasteiger partial charge is 0.351 e. The van der Waals surface area contributed by atoms with Crippen LogP contribution >= 0.6 is 0 Å². The zero-order valence-electron chi connectivity index (χ0n) is 8.96. The molecule has 0 saturated heterocycles. The molecule has 0 spiro atoms. The Balaban J connectivity index is 2.70. The SMILES string of the molecule is CN(/C=C/C=C(C#N)C#N)c1ccccc1. The Kier molecular flexibility index (Phi) is 4.37. The summed E-state index contributed by atoms with van der Waals surface area (Å²) in [4.78, 5) is 1.91. The minimum atomic E-state index is 0.0951. The summed E-state index contributed by atoms with van der Waals surface area (Å²) in [5, 5.41) is 17.0. The third-order valence-electron chi connectivity index (χ3n) is 1.98. The fourth-order valence-corrected chi connectivity index (χ4v) is 1.12. The molecular weight excluding hydrogens is 198 g/mol. The molecule has 0 unspecified atom stereocenters. The van der Waals surface area contributed by atoms with Crippen molar-refractivity contribution in [2.45, 2.75) is 0 Å². The van der Waals surface area contributed by atoms with Gasteiger partial charge in [-0.1, -0.05) is 18.2 Å². The first-order chi connectivity index (χ1) is 7.77. The zero-order valence-corrected chi connectivity index (χ0v) is 8.96. The molecule has 0 aliphatic rings. The van der Waals surface area contributed by atoms with Crippen LogP contribution in [-0.4, -0.2) is 7.05 Å². The summed E-state index contributed by atoms with van der Waals surface area (Å²) in [6.45, 7) is 0. The third-order valence-corrected chi connectivity index (χ3v) is 1.98. The van der Waals surface area contributed by atoms with Gasteiger partial charge in [-0.3, -0.25) is 0 Å². The van der Waals surface area contributed by atoms with Gasteiger partial charge in [0.05, 0.1) is 0 Å². The van der Waals surface area contributed by atoms with E-state index in [4.69, 9.17) is 10.5 Å². The minimum absolute atomic E-state index is 0.0951. The van der Waals surface area contributed by atoms with E-state index in [1.165, 1.54) is 6.08 Å². The van der Waals surface area contributed by atoms with Gasteiger partial charge in [0.2, 0.25) is 0 Å². The molecule has 3 heteroatoms. The molecule has 1 aromatic rings. The zero-order chi connectivity index (χ0) is 11.8. The van der Waals surface area contributed by atoms with Crippen LogP contribution in [0.2, 0.25) is 0 Å². The molecule has 3 nitrogen and oxygen atoms in total. The molecule has 0 aliphatic carbocycles. The molecular formula is C13H11N3. The quantitative estimate of drug-likeness (QED) is 0.568. The molecule has 0 radical (unpaired) electrons. The first kappa shape index (κ1) is 11.6. The number of para-hydroxylation sites is 1. The lowest BCUT2D eigenvalue weighted by molar-refractivity contribution is 1.20. The van der Waals surface area contributed by atoms with E-state index in [1.807, 2.05) is 42.3 Å². The summed E-state index contributed by atoms with van der Waals surface area (Å²) in [7, 11) is 1.90. The van der Waals surface area contributed by atoms with Gasteiger partial charge >= 0.3 is 0 Å². The molecule has 78 valence electrons. The summed E-state index contributed by atoms with van der Waals surface area (Å²) in [6, 6.07) is 13.4. The number of nitrogens with zero attached hydrogens (tertiary/aromatic N) is 3. The maximum absolute atomic E-state index is 8.52. The number of hydrogen-bond acceptors (Lipinski definition) is 3. The number of allylic oxidation sites excluding steroid dienone is 3. The topological polar surface area (TPSA) is 50.8 Å². The number of hydrogen-bond donors (Lipinski definition) is 0. The van der Waals surface area contributed by atoms with E-state index < -0.39 is 0 Å². The fourth-order valence-electron chi connectivity index (χ4n) is 1.12. The van der Waals surface area contributed by atoms with Gasteiger partial charge in [-0.25, -0.2) is 0 Å². The van der Waals surface area contributed by atoms with Crippen molar-refractivity contribution in [2.75, 3.05) is 11.9 Å². The van der Waals surface area contributed by atoms with E-state index in [0.717, 1.165) is 5.69 Å². The standard InChI is InChI=1S/C13H11N3/c1-16(13-7-3-2-4-8-13)9-5-6-12(10-14)11-15/h2-9H,1H3/b9-5+. The Labute approximate surface area is 95.2 Å². The monoisotopic (exact) mass is 209 g/mol. The van der Waals surface area contributed by atoms with E-state index in [9.17, 15) is 0 Å². The van der Waals surface area contributed by atoms with Gasteiger partial charge in [-0.2, -0.15) is 10.5 Å². The highest BCUT2D eigenvalue weighted by atomic mass is 15.1. The predicted molar refractivity (Wildman–Crippen MR) is 63.3 cm³/mol. The van der Waals surface area contributed by atoms with Crippen molar-refractivity contribution in [3.05, 3.63) is 54.3 Å². The average molecular weight is 209 g/mol. The Hall–Kier alpha value is -2.52. The van der Waals surface area contributed by atoms with Crippen LogP contribution in [0.5, 0.6) is 0 Å². The molecule has 0 N–H and O–H groups in total. The first-order valence-electron chi connectivity index (χ1n) is 4.74. The molecule has 1 aromatic carbocycles. The van der Waals surface area contributed by atoms with Gasteiger partial charge in [0.15, 0.2) is 0 Å². The van der Waals surface area contributed by atoms with E-state index in [1.54, 1.807) is 24.4 Å². The number of anilines is 1. The molecule has 0 fully saturated rings. The molecule has 0 aromatic heterocycles. The molecule has 1 rings (SSSR count). The van der Waals surface area contributed by atoms with Crippen molar-refractivity contribution in [2.24, 2.45) is 0 Å². The van der Waals surface area contributed by atoms with E-state index in [2.05, 4.69) is 0 Å². The lowest BCUT2D eigenvalue weighted by Crippen LogP contribution is -2.06. The number of benzene rings is 1. The lowest BCUT2D eigenvalue weighted by atomic mass is 10.3. The van der Waals surface area contributed by atoms with Crippen LogP contribution in [0.1, 0.15) is 0 Å². The van der Waals surface area contributed by atoms with Gasteiger partial charge in [0, 0.05) is 18.9 Å². The van der Waals surface area contributed by atoms with E-state index >= 15 is 0 Å². The van der Waals surface area contributed by atoms with Crippen LogP contribution in [0.25, 0.3) is 0 Å². The van der Waals surface area contributed by atoms with E-state index in [-0.39, 0.29) is 5.57 Å². The lowest BCUT2D eigenvalue weighted by Gasteiger charge is -2.12. The Morgan fingerprint density at radius 2 is 1.81 bits per heavy atom. The van der Waals surface area contributed by atoms with Crippen LogP contribution in [0.3, 0.4) is 0 Å². The van der Waals surface area contributed by atoms with Crippen molar-refractivity contribution in [3.8, 4) is 12.1 Å². The molecule has 0 heterocycles. The first-order valence-corrected chi connectivity index (χ1v) is 4.74. The summed E-state index contributed by atoms with van der Waals surface area (Å²) in [6.07, 6.45) is 4.96. The van der Waals surface area contributed by atoms with Crippen molar-refractivity contribution >= 4 is 5.69 Å². The van der Waals surface area contributed by atoms with Gasteiger partial charge < -0.3 is 4.90 Å². The van der Waals surface area contributed by atoms with Crippen LogP contribution in [-0.2, 0) is 0 Å². The summed E-state index contributed by atoms with van der Waals surface area (Å²) in [5.41, 5.74) is 1.14. The second-order valence-corrected chi connectivity index (χ2v) is 3.09. The molecule has 0 amide bonds. The summed E-state index contributed by atoms with van der Waals surface area (Å²) in [5.74, 6) is 0. The van der Waals surface area contributed by atoms with Gasteiger partial charge in [-0.15, -0.1) is 0 Å². The number of rotatable bonds is 3. The van der Waals surface area contributed by atoms with Gasteiger partial charge in [0.25, 0.3) is 0 Å². The smallest absolute Gasteiger partial charge is 0.129 e. The molecule has 0 aliphatic heterocycles. The minimum Gasteiger partial charge on any atom is -0.351 e. The van der Waals surface area contributed by atoms with Crippen molar-refractivity contribution in [1.29, 1.82) is 10.5 Å². The summed E-state index contributed by atoms with van der Waals surface area (Å²) < 4.78 is 0. The number of nitriles is 2. The molecule has 0 atom stereocenters. The van der Waals surface area contributed by atoms with Gasteiger partial charge in [-0.05, 0) is 24.3 Å². The molecule has 0 bridgehead atoms.